The van der Waals surface area contributed by atoms with E-state index in [1.165, 1.54) is 19.2 Å². The standard InChI is InChI=1S/C27H31FN4O4/c1-27(2,3)36-26(34)32-14-12-20(13-15-32)31(4)24-23(17-6-9-19(28)10-7-17)29-21-11-8-18(25(33)35-5)16-22(21)30-24/h6-11,16,20H,12-15H2,1-5H3. The van der Waals surface area contributed by atoms with Crippen LogP contribution in [0.4, 0.5) is 15.0 Å². The number of carbonyl (C=O) groups is 2. The summed E-state index contributed by atoms with van der Waals surface area (Å²) in [6.45, 7) is 6.68. The molecule has 0 saturated carbocycles. The van der Waals surface area contributed by atoms with Crippen molar-refractivity contribution in [3.05, 3.63) is 53.8 Å². The zero-order valence-electron chi connectivity index (χ0n) is 21.2. The number of amides is 1. The van der Waals surface area contributed by atoms with Crippen LogP contribution in [0.1, 0.15) is 44.0 Å². The molecule has 190 valence electrons. The number of esters is 1. The van der Waals surface area contributed by atoms with E-state index in [1.54, 1.807) is 35.2 Å². The Kier molecular flexibility index (Phi) is 7.10. The fourth-order valence-corrected chi connectivity index (χ4v) is 4.27. The quantitative estimate of drug-likeness (QED) is 0.469. The van der Waals surface area contributed by atoms with Crippen molar-refractivity contribution in [1.29, 1.82) is 0 Å². The van der Waals surface area contributed by atoms with Crippen LogP contribution in [-0.4, -0.2) is 65.8 Å². The van der Waals surface area contributed by atoms with Crippen LogP contribution in [0.3, 0.4) is 0 Å². The van der Waals surface area contributed by atoms with E-state index < -0.39 is 11.6 Å². The van der Waals surface area contributed by atoms with Gasteiger partial charge in [0.15, 0.2) is 5.82 Å². The number of anilines is 1. The van der Waals surface area contributed by atoms with Gasteiger partial charge in [-0.25, -0.2) is 23.9 Å². The highest BCUT2D eigenvalue weighted by atomic mass is 19.1. The van der Waals surface area contributed by atoms with Gasteiger partial charge in [0, 0.05) is 31.7 Å². The first-order valence-electron chi connectivity index (χ1n) is 11.9. The van der Waals surface area contributed by atoms with Crippen molar-refractivity contribution in [3.63, 3.8) is 0 Å². The number of ether oxygens (including phenoxy) is 2. The summed E-state index contributed by atoms with van der Waals surface area (Å²) in [6, 6.07) is 11.3. The molecule has 3 aromatic rings. The number of carbonyl (C=O) groups excluding carboxylic acids is 2. The summed E-state index contributed by atoms with van der Waals surface area (Å²) in [4.78, 5) is 38.1. The monoisotopic (exact) mass is 494 g/mol. The Labute approximate surface area is 210 Å². The highest BCUT2D eigenvalue weighted by molar-refractivity contribution is 5.94. The largest absolute Gasteiger partial charge is 0.465 e. The number of likely N-dealkylation sites (tertiary alicyclic amines) is 1. The highest BCUT2D eigenvalue weighted by Crippen LogP contribution is 2.32. The average molecular weight is 495 g/mol. The Morgan fingerprint density at radius 2 is 1.69 bits per heavy atom. The van der Waals surface area contributed by atoms with Gasteiger partial charge in [0.25, 0.3) is 0 Å². The van der Waals surface area contributed by atoms with Crippen LogP contribution < -0.4 is 4.90 Å². The maximum Gasteiger partial charge on any atom is 0.410 e. The lowest BCUT2D eigenvalue weighted by molar-refractivity contribution is 0.0205. The molecule has 1 fully saturated rings. The Bertz CT molecular complexity index is 1270. The van der Waals surface area contributed by atoms with Gasteiger partial charge in [-0.15, -0.1) is 0 Å². The van der Waals surface area contributed by atoms with E-state index in [0.717, 1.165) is 18.4 Å². The van der Waals surface area contributed by atoms with E-state index in [0.29, 0.717) is 41.2 Å². The normalized spacial score (nSPS) is 14.6. The van der Waals surface area contributed by atoms with Crippen molar-refractivity contribution in [2.24, 2.45) is 0 Å². The third-order valence-electron chi connectivity index (χ3n) is 6.18. The van der Waals surface area contributed by atoms with E-state index in [9.17, 15) is 14.0 Å². The molecule has 0 spiro atoms. The lowest BCUT2D eigenvalue weighted by Crippen LogP contribution is -2.47. The second kappa shape index (κ2) is 10.1. The van der Waals surface area contributed by atoms with Crippen molar-refractivity contribution in [2.75, 3.05) is 32.1 Å². The summed E-state index contributed by atoms with van der Waals surface area (Å²) in [7, 11) is 3.28. The summed E-state index contributed by atoms with van der Waals surface area (Å²) < 4.78 is 24.0. The molecule has 8 nitrogen and oxygen atoms in total. The summed E-state index contributed by atoms with van der Waals surface area (Å²) >= 11 is 0. The molecular weight excluding hydrogens is 463 g/mol. The summed E-state index contributed by atoms with van der Waals surface area (Å²) in [5, 5.41) is 0. The van der Waals surface area contributed by atoms with Crippen LogP contribution in [-0.2, 0) is 9.47 Å². The van der Waals surface area contributed by atoms with Gasteiger partial charge in [-0.1, -0.05) is 0 Å². The Hall–Kier alpha value is -3.75. The molecule has 2 heterocycles. The van der Waals surface area contributed by atoms with E-state index in [-0.39, 0.29) is 18.0 Å². The minimum atomic E-state index is -0.543. The van der Waals surface area contributed by atoms with E-state index >= 15 is 0 Å². The molecule has 1 aliphatic rings. The average Bonchev–Trinajstić information content (AvgIpc) is 2.86. The molecule has 0 N–H and O–H groups in total. The molecule has 0 aliphatic carbocycles. The lowest BCUT2D eigenvalue weighted by atomic mass is 10.0. The predicted molar refractivity (Wildman–Crippen MR) is 136 cm³/mol. The number of rotatable bonds is 4. The molecule has 1 amide bonds. The fourth-order valence-electron chi connectivity index (χ4n) is 4.27. The number of hydrogen-bond acceptors (Lipinski definition) is 7. The highest BCUT2D eigenvalue weighted by Gasteiger charge is 2.30. The number of nitrogens with zero attached hydrogens (tertiary/aromatic N) is 4. The van der Waals surface area contributed by atoms with Gasteiger partial charge in [-0.05, 0) is 76.1 Å². The van der Waals surface area contributed by atoms with Gasteiger partial charge in [-0.2, -0.15) is 0 Å². The molecule has 9 heteroatoms. The first kappa shape index (κ1) is 25.3. The minimum absolute atomic E-state index is 0.0958. The summed E-state index contributed by atoms with van der Waals surface area (Å²) in [5.74, 6) is -0.169. The zero-order chi connectivity index (χ0) is 26.0. The second-order valence-corrected chi connectivity index (χ2v) is 9.91. The topological polar surface area (TPSA) is 84.9 Å². The first-order valence-corrected chi connectivity index (χ1v) is 11.9. The number of fused-ring (bicyclic) bond motifs is 1. The molecule has 36 heavy (non-hydrogen) atoms. The molecule has 0 radical (unpaired) electrons. The first-order chi connectivity index (χ1) is 17.1. The molecule has 0 atom stereocenters. The number of halogens is 1. The molecule has 0 unspecified atom stereocenters. The minimum Gasteiger partial charge on any atom is -0.465 e. The molecule has 1 aromatic heterocycles. The lowest BCUT2D eigenvalue weighted by Gasteiger charge is -2.38. The third-order valence-corrected chi connectivity index (χ3v) is 6.18. The molecule has 1 saturated heterocycles. The van der Waals surface area contributed by atoms with Gasteiger partial charge in [-0.3, -0.25) is 0 Å². The van der Waals surface area contributed by atoms with Gasteiger partial charge < -0.3 is 19.3 Å². The number of piperidine rings is 1. The molecule has 2 aromatic carbocycles. The number of benzene rings is 2. The van der Waals surface area contributed by atoms with E-state index in [2.05, 4.69) is 4.90 Å². The maximum absolute atomic E-state index is 13.6. The smallest absolute Gasteiger partial charge is 0.410 e. The second-order valence-electron chi connectivity index (χ2n) is 9.91. The van der Waals surface area contributed by atoms with Crippen molar-refractivity contribution in [3.8, 4) is 11.3 Å². The van der Waals surface area contributed by atoms with Crippen molar-refractivity contribution in [2.45, 2.75) is 45.3 Å². The number of aromatic nitrogens is 2. The predicted octanol–water partition coefficient (Wildman–Crippen LogP) is 5.06. The van der Waals surface area contributed by atoms with Crippen LogP contribution in [0.5, 0.6) is 0 Å². The summed E-state index contributed by atoms with van der Waals surface area (Å²) in [5.41, 5.74) is 2.35. The Morgan fingerprint density at radius 3 is 2.31 bits per heavy atom. The fraction of sp³-hybridized carbons (Fsp3) is 0.407. The Morgan fingerprint density at radius 1 is 1.03 bits per heavy atom. The van der Waals surface area contributed by atoms with Crippen molar-refractivity contribution in [1.82, 2.24) is 14.9 Å². The van der Waals surface area contributed by atoms with Crippen LogP contribution in [0, 0.1) is 5.82 Å². The van der Waals surface area contributed by atoms with Crippen LogP contribution in [0.25, 0.3) is 22.3 Å². The third kappa shape index (κ3) is 5.56. The van der Waals surface area contributed by atoms with Gasteiger partial charge in [0.1, 0.15) is 17.1 Å². The maximum atomic E-state index is 13.6. The van der Waals surface area contributed by atoms with Crippen LogP contribution in [0.2, 0.25) is 0 Å². The molecule has 1 aliphatic heterocycles. The van der Waals surface area contributed by atoms with Gasteiger partial charge in [0.05, 0.1) is 23.7 Å². The van der Waals surface area contributed by atoms with Crippen molar-refractivity contribution < 1.29 is 23.5 Å². The van der Waals surface area contributed by atoms with Gasteiger partial charge >= 0.3 is 12.1 Å². The molecule has 0 bridgehead atoms. The van der Waals surface area contributed by atoms with Crippen LogP contribution >= 0.6 is 0 Å². The molecular formula is C27H31FN4O4. The number of methoxy groups -OCH3 is 1. The SMILES string of the molecule is COC(=O)c1ccc2nc(-c3ccc(F)cc3)c(N(C)C3CCN(C(=O)OC(C)(C)C)CC3)nc2c1. The van der Waals surface area contributed by atoms with Crippen LogP contribution in [0.15, 0.2) is 42.5 Å². The van der Waals surface area contributed by atoms with Crippen molar-refractivity contribution >= 4 is 28.9 Å². The Balaban J connectivity index is 1.66. The summed E-state index contributed by atoms with van der Waals surface area (Å²) in [6.07, 6.45) is 1.14. The van der Waals surface area contributed by atoms with E-state index in [4.69, 9.17) is 19.4 Å². The van der Waals surface area contributed by atoms with E-state index in [1.807, 2.05) is 27.8 Å². The zero-order valence-corrected chi connectivity index (χ0v) is 21.2. The van der Waals surface area contributed by atoms with Gasteiger partial charge in [0.2, 0.25) is 0 Å². The molecule has 4 rings (SSSR count). The number of hydrogen-bond donors (Lipinski definition) is 0.